The normalized spacial score (nSPS) is 13.9. The minimum atomic E-state index is -4.72. The standard InChI is InChI=1S/C49H90NO10P/c1-3-5-7-9-11-13-15-17-19-21-23-25-27-29-31-33-35-37-39-41-48(52)60-45(43-58-61(55,56)59-44-46(50)49(53)54)42-57-47(51)40-38-36-34-32-30-28-26-24-22-20-18-16-14-12-10-8-6-4-2/h11,13,17,19-20,22,45-46H,3-10,12,14-16,18,21,23-44,50H2,1-2H3,(H,53,54)(H,55,56)/b13-11-,19-17-,22-20-. The third-order valence-corrected chi connectivity index (χ3v) is 11.6. The lowest BCUT2D eigenvalue weighted by molar-refractivity contribution is -0.161. The van der Waals surface area contributed by atoms with Crippen LogP contribution in [-0.4, -0.2) is 59.9 Å². The summed E-state index contributed by atoms with van der Waals surface area (Å²) in [7, 11) is -4.72. The van der Waals surface area contributed by atoms with Gasteiger partial charge in [0.2, 0.25) is 0 Å². The molecule has 0 aliphatic carbocycles. The van der Waals surface area contributed by atoms with Crippen molar-refractivity contribution in [2.75, 3.05) is 19.8 Å². The van der Waals surface area contributed by atoms with Crippen LogP contribution < -0.4 is 5.73 Å². The van der Waals surface area contributed by atoms with Crippen molar-refractivity contribution in [3.63, 3.8) is 0 Å². The Bertz CT molecular complexity index is 1180. The lowest BCUT2D eigenvalue weighted by Gasteiger charge is -2.20. The third-order valence-electron chi connectivity index (χ3n) is 10.6. The Morgan fingerprint density at radius 3 is 1.33 bits per heavy atom. The summed E-state index contributed by atoms with van der Waals surface area (Å²) >= 11 is 0. The number of ether oxygens (including phenoxy) is 2. The van der Waals surface area contributed by atoms with E-state index in [-0.39, 0.29) is 19.4 Å². The van der Waals surface area contributed by atoms with Crippen molar-refractivity contribution in [1.29, 1.82) is 0 Å². The lowest BCUT2D eigenvalue weighted by Crippen LogP contribution is -2.34. The van der Waals surface area contributed by atoms with Crippen molar-refractivity contribution in [2.45, 2.75) is 238 Å². The number of allylic oxidation sites excluding steroid dienone is 6. The second kappa shape index (κ2) is 44.3. The second-order valence-corrected chi connectivity index (χ2v) is 18.0. The van der Waals surface area contributed by atoms with Gasteiger partial charge in [-0.15, -0.1) is 0 Å². The Hall–Kier alpha value is -2.30. The van der Waals surface area contributed by atoms with Crippen molar-refractivity contribution in [2.24, 2.45) is 5.73 Å². The maximum Gasteiger partial charge on any atom is 0.472 e. The minimum absolute atomic E-state index is 0.156. The molecule has 0 aromatic carbocycles. The van der Waals surface area contributed by atoms with Gasteiger partial charge in [0, 0.05) is 12.8 Å². The molecule has 61 heavy (non-hydrogen) atoms. The minimum Gasteiger partial charge on any atom is -0.480 e. The molecule has 0 spiro atoms. The highest BCUT2D eigenvalue weighted by atomic mass is 31.2. The highest BCUT2D eigenvalue weighted by Gasteiger charge is 2.28. The number of unbranched alkanes of at least 4 members (excludes halogenated alkanes) is 26. The van der Waals surface area contributed by atoms with E-state index in [1.165, 1.54) is 128 Å². The van der Waals surface area contributed by atoms with E-state index in [1.807, 2.05) is 0 Å². The van der Waals surface area contributed by atoms with Crippen molar-refractivity contribution in [3.8, 4) is 0 Å². The van der Waals surface area contributed by atoms with Crippen LogP contribution in [0.2, 0.25) is 0 Å². The number of hydrogen-bond acceptors (Lipinski definition) is 9. The molecule has 12 heteroatoms. The average molecular weight is 884 g/mol. The first-order chi connectivity index (χ1) is 29.6. The van der Waals surface area contributed by atoms with Crippen LogP contribution in [0.5, 0.6) is 0 Å². The predicted molar refractivity (Wildman–Crippen MR) is 249 cm³/mol. The van der Waals surface area contributed by atoms with Gasteiger partial charge in [-0.25, -0.2) is 4.57 Å². The Morgan fingerprint density at radius 2 is 0.869 bits per heavy atom. The zero-order chi connectivity index (χ0) is 44.9. The van der Waals surface area contributed by atoms with Gasteiger partial charge in [-0.3, -0.25) is 23.4 Å². The quantitative estimate of drug-likeness (QED) is 0.0230. The summed E-state index contributed by atoms with van der Waals surface area (Å²) in [5.74, 6) is -2.38. The van der Waals surface area contributed by atoms with E-state index in [0.717, 1.165) is 57.8 Å². The van der Waals surface area contributed by atoms with Gasteiger partial charge in [0.05, 0.1) is 13.2 Å². The highest BCUT2D eigenvalue weighted by Crippen LogP contribution is 2.43. The fourth-order valence-electron chi connectivity index (χ4n) is 6.74. The van der Waals surface area contributed by atoms with Gasteiger partial charge in [-0.2, -0.15) is 0 Å². The molecule has 0 aromatic rings. The molecule has 0 amide bonds. The molecule has 0 rings (SSSR count). The molecule has 0 aliphatic heterocycles. The van der Waals surface area contributed by atoms with E-state index in [9.17, 15) is 23.8 Å². The first-order valence-corrected chi connectivity index (χ1v) is 26.0. The molecular formula is C49H90NO10P. The molecular weight excluding hydrogens is 794 g/mol. The zero-order valence-electron chi connectivity index (χ0n) is 38.8. The number of rotatable bonds is 46. The Kier molecular flexibility index (Phi) is 42.6. The number of hydrogen-bond donors (Lipinski definition) is 3. The smallest absolute Gasteiger partial charge is 0.472 e. The summed E-state index contributed by atoms with van der Waals surface area (Å²) < 4.78 is 32.8. The Labute approximate surface area is 372 Å². The molecule has 0 bridgehead atoms. The van der Waals surface area contributed by atoms with Gasteiger partial charge < -0.3 is 25.2 Å². The van der Waals surface area contributed by atoms with Gasteiger partial charge in [-0.1, -0.05) is 179 Å². The summed E-state index contributed by atoms with van der Waals surface area (Å²) in [6.07, 6.45) is 49.1. The molecule has 0 saturated carbocycles. The molecule has 3 atom stereocenters. The number of nitrogens with two attached hydrogens (primary N) is 1. The lowest BCUT2D eigenvalue weighted by atomic mass is 10.1. The van der Waals surface area contributed by atoms with Crippen LogP contribution in [0.1, 0.15) is 226 Å². The molecule has 0 aliphatic rings. The van der Waals surface area contributed by atoms with Crippen LogP contribution in [0.25, 0.3) is 0 Å². The monoisotopic (exact) mass is 884 g/mol. The van der Waals surface area contributed by atoms with Crippen molar-refractivity contribution < 1.29 is 47.5 Å². The van der Waals surface area contributed by atoms with Gasteiger partial charge in [0.25, 0.3) is 0 Å². The molecule has 0 aromatic heterocycles. The Morgan fingerprint density at radius 1 is 0.508 bits per heavy atom. The summed E-state index contributed by atoms with van der Waals surface area (Å²) in [5.41, 5.74) is 5.35. The van der Waals surface area contributed by atoms with Gasteiger partial charge in [0.1, 0.15) is 12.6 Å². The maximum absolute atomic E-state index is 12.7. The largest absolute Gasteiger partial charge is 0.480 e. The first-order valence-electron chi connectivity index (χ1n) is 24.5. The van der Waals surface area contributed by atoms with E-state index in [1.54, 1.807) is 0 Å². The van der Waals surface area contributed by atoms with E-state index in [2.05, 4.69) is 54.8 Å². The van der Waals surface area contributed by atoms with E-state index < -0.39 is 51.1 Å². The summed E-state index contributed by atoms with van der Waals surface area (Å²) in [4.78, 5) is 46.1. The topological polar surface area (TPSA) is 172 Å². The van der Waals surface area contributed by atoms with E-state index in [0.29, 0.717) is 12.8 Å². The second-order valence-electron chi connectivity index (χ2n) is 16.6. The molecule has 0 radical (unpaired) electrons. The number of carboxylic acids is 1. The molecule has 0 saturated heterocycles. The molecule has 11 nitrogen and oxygen atoms in total. The van der Waals surface area contributed by atoms with Crippen molar-refractivity contribution in [1.82, 2.24) is 0 Å². The predicted octanol–water partition coefficient (Wildman–Crippen LogP) is 13.6. The van der Waals surface area contributed by atoms with Crippen LogP contribution in [0, 0.1) is 0 Å². The number of carbonyl (C=O) groups excluding carboxylic acids is 2. The van der Waals surface area contributed by atoms with E-state index in [4.69, 9.17) is 24.8 Å². The van der Waals surface area contributed by atoms with Crippen LogP contribution >= 0.6 is 7.82 Å². The first kappa shape index (κ1) is 58.7. The van der Waals surface area contributed by atoms with Gasteiger partial charge >= 0.3 is 25.7 Å². The van der Waals surface area contributed by atoms with Gasteiger partial charge in [-0.05, 0) is 70.6 Å². The van der Waals surface area contributed by atoms with Crippen LogP contribution in [0.4, 0.5) is 0 Å². The van der Waals surface area contributed by atoms with Gasteiger partial charge in [0.15, 0.2) is 6.10 Å². The summed E-state index contributed by atoms with van der Waals surface area (Å²) in [6.45, 7) is 2.80. The van der Waals surface area contributed by atoms with Crippen molar-refractivity contribution in [3.05, 3.63) is 36.5 Å². The molecule has 4 N–H and O–H groups in total. The molecule has 3 unspecified atom stereocenters. The van der Waals surface area contributed by atoms with Crippen LogP contribution in [0.3, 0.4) is 0 Å². The number of esters is 2. The highest BCUT2D eigenvalue weighted by molar-refractivity contribution is 7.47. The van der Waals surface area contributed by atoms with E-state index >= 15 is 0 Å². The fourth-order valence-corrected chi connectivity index (χ4v) is 7.52. The summed E-state index contributed by atoms with van der Waals surface area (Å²) in [6, 6.07) is -1.52. The number of carboxylic acid groups (broad SMARTS) is 1. The fraction of sp³-hybridized carbons (Fsp3) is 0.816. The third kappa shape index (κ3) is 44.1. The average Bonchev–Trinajstić information content (AvgIpc) is 3.24. The van der Waals surface area contributed by atoms with Crippen LogP contribution in [-0.2, 0) is 37.5 Å². The number of phosphoric ester groups is 1. The number of carbonyl (C=O) groups is 3. The van der Waals surface area contributed by atoms with Crippen molar-refractivity contribution >= 4 is 25.7 Å². The maximum atomic E-state index is 12.7. The number of phosphoric acid groups is 1. The molecule has 0 heterocycles. The molecule has 0 fully saturated rings. The van der Waals surface area contributed by atoms with Crippen LogP contribution in [0.15, 0.2) is 36.5 Å². The Balaban J connectivity index is 4.29. The summed E-state index contributed by atoms with van der Waals surface area (Å²) in [5, 5.41) is 8.91. The number of aliphatic carboxylic acids is 1. The SMILES string of the molecule is CCCCC/C=C\C/C=C\CCCCCCCCCCCC(=O)OC(COC(=O)CCCCCCCCC/C=C\CCCCCCCCC)COP(=O)(O)OCC(N)C(=O)O. The zero-order valence-corrected chi connectivity index (χ0v) is 39.7. The molecule has 356 valence electrons.